The molecule has 3 aromatic rings. The Labute approximate surface area is 175 Å². The molecule has 0 radical (unpaired) electrons. The molecule has 1 amide bonds. The van der Waals surface area contributed by atoms with E-state index in [1.165, 1.54) is 17.4 Å². The summed E-state index contributed by atoms with van der Waals surface area (Å²) in [6, 6.07) is 11.4. The molecule has 154 valence electrons. The zero-order valence-electron chi connectivity index (χ0n) is 16.9. The number of carbonyl (C=O) groups is 1. The molecule has 0 saturated heterocycles. The van der Waals surface area contributed by atoms with E-state index < -0.39 is 16.1 Å². The zero-order valence-corrected chi connectivity index (χ0v) is 18.5. The van der Waals surface area contributed by atoms with Crippen molar-refractivity contribution in [1.29, 1.82) is 0 Å². The second-order valence-corrected chi connectivity index (χ2v) is 10.2. The van der Waals surface area contributed by atoms with Crippen LogP contribution in [0.1, 0.15) is 31.3 Å². The normalized spacial score (nSPS) is 13.0. The molecular formula is C21H25N3O3S2. The van der Waals surface area contributed by atoms with E-state index in [-0.39, 0.29) is 16.7 Å². The summed E-state index contributed by atoms with van der Waals surface area (Å²) in [6.45, 7) is 7.53. The molecule has 0 bridgehead atoms. The molecule has 1 aromatic heterocycles. The minimum Gasteiger partial charge on any atom is -0.325 e. The third kappa shape index (κ3) is 5.01. The highest BCUT2D eigenvalue weighted by Crippen LogP contribution is 2.25. The van der Waals surface area contributed by atoms with E-state index in [1.807, 2.05) is 45.9 Å². The Morgan fingerprint density at radius 3 is 2.62 bits per heavy atom. The van der Waals surface area contributed by atoms with Gasteiger partial charge < -0.3 is 5.32 Å². The van der Waals surface area contributed by atoms with Crippen LogP contribution in [-0.2, 0) is 21.2 Å². The summed E-state index contributed by atoms with van der Waals surface area (Å²) in [5, 5.41) is 3.70. The van der Waals surface area contributed by atoms with Crippen LogP contribution in [0.3, 0.4) is 0 Å². The maximum absolute atomic E-state index is 12.9. The summed E-state index contributed by atoms with van der Waals surface area (Å²) < 4.78 is 29.3. The van der Waals surface area contributed by atoms with Gasteiger partial charge in [-0.25, -0.2) is 13.4 Å². The van der Waals surface area contributed by atoms with Gasteiger partial charge >= 0.3 is 0 Å². The summed E-state index contributed by atoms with van der Waals surface area (Å²) in [5.41, 5.74) is 2.51. The maximum Gasteiger partial charge on any atom is 0.242 e. The molecular weight excluding hydrogens is 406 g/mol. The van der Waals surface area contributed by atoms with Gasteiger partial charge in [0.25, 0.3) is 0 Å². The average molecular weight is 432 g/mol. The number of nitrogens with one attached hydrogen (secondary N) is 2. The third-order valence-corrected chi connectivity index (χ3v) is 6.98. The molecule has 1 heterocycles. The van der Waals surface area contributed by atoms with Crippen LogP contribution in [0.25, 0.3) is 10.2 Å². The summed E-state index contributed by atoms with van der Waals surface area (Å²) in [4.78, 5) is 17.3. The molecule has 8 heteroatoms. The third-order valence-electron chi connectivity index (χ3n) is 4.61. The minimum atomic E-state index is -3.87. The monoisotopic (exact) mass is 431 g/mol. The number of hydrogen-bond donors (Lipinski definition) is 2. The fourth-order valence-electron chi connectivity index (χ4n) is 3.00. The lowest BCUT2D eigenvalue weighted by Crippen LogP contribution is -2.47. The van der Waals surface area contributed by atoms with Gasteiger partial charge in [0.1, 0.15) is 6.04 Å². The van der Waals surface area contributed by atoms with Gasteiger partial charge in [0, 0.05) is 5.69 Å². The van der Waals surface area contributed by atoms with Gasteiger partial charge in [-0.15, -0.1) is 11.3 Å². The van der Waals surface area contributed by atoms with E-state index in [2.05, 4.69) is 15.0 Å². The quantitative estimate of drug-likeness (QED) is 0.589. The molecule has 0 aliphatic heterocycles. The van der Waals surface area contributed by atoms with Crippen LogP contribution >= 0.6 is 11.3 Å². The summed E-state index contributed by atoms with van der Waals surface area (Å²) >= 11 is 1.44. The van der Waals surface area contributed by atoms with Gasteiger partial charge in [-0.05, 0) is 55.2 Å². The Morgan fingerprint density at radius 2 is 1.93 bits per heavy atom. The van der Waals surface area contributed by atoms with E-state index in [9.17, 15) is 13.2 Å². The topological polar surface area (TPSA) is 88.2 Å². The number of aryl methyl sites for hydroxylation is 2. The fourth-order valence-corrected chi connectivity index (χ4v) is 5.31. The molecule has 6 nitrogen and oxygen atoms in total. The second-order valence-electron chi connectivity index (χ2n) is 7.25. The van der Waals surface area contributed by atoms with Crippen LogP contribution < -0.4 is 10.0 Å². The predicted molar refractivity (Wildman–Crippen MR) is 118 cm³/mol. The predicted octanol–water partition coefficient (Wildman–Crippen LogP) is 4.11. The number of rotatable bonds is 7. The summed E-state index contributed by atoms with van der Waals surface area (Å²) in [5.74, 6) is -0.611. The first-order valence-electron chi connectivity index (χ1n) is 9.49. The van der Waals surface area contributed by atoms with Crippen molar-refractivity contribution < 1.29 is 13.2 Å². The molecule has 3 rings (SSSR count). The maximum atomic E-state index is 12.9. The zero-order chi connectivity index (χ0) is 21.2. The van der Waals surface area contributed by atoms with Crippen molar-refractivity contribution in [3.63, 3.8) is 0 Å². The fraction of sp³-hybridized carbons (Fsp3) is 0.333. The van der Waals surface area contributed by atoms with Crippen LogP contribution in [0.15, 0.2) is 47.4 Å². The number of fused-ring (bicyclic) bond motifs is 1. The molecule has 1 unspecified atom stereocenters. The van der Waals surface area contributed by atoms with Gasteiger partial charge in [0.15, 0.2) is 0 Å². The van der Waals surface area contributed by atoms with Gasteiger partial charge in [-0.3, -0.25) is 4.79 Å². The van der Waals surface area contributed by atoms with Crippen molar-refractivity contribution in [3.05, 3.63) is 53.0 Å². The van der Waals surface area contributed by atoms with Crippen LogP contribution in [0.2, 0.25) is 0 Å². The van der Waals surface area contributed by atoms with E-state index >= 15 is 0 Å². The highest BCUT2D eigenvalue weighted by Gasteiger charge is 2.28. The Bertz CT molecular complexity index is 1140. The lowest BCUT2D eigenvalue weighted by molar-refractivity contribution is -0.118. The van der Waals surface area contributed by atoms with Gasteiger partial charge in [0.05, 0.1) is 20.1 Å². The van der Waals surface area contributed by atoms with Crippen molar-refractivity contribution in [1.82, 2.24) is 9.71 Å². The number of carbonyl (C=O) groups excluding carboxylic acids is 1. The molecule has 0 spiro atoms. The van der Waals surface area contributed by atoms with Crippen molar-refractivity contribution in [2.24, 2.45) is 5.92 Å². The van der Waals surface area contributed by atoms with Crippen LogP contribution in [0.4, 0.5) is 5.69 Å². The van der Waals surface area contributed by atoms with Crippen molar-refractivity contribution in [3.8, 4) is 0 Å². The Balaban J connectivity index is 1.83. The standard InChI is InChI=1S/C21H25N3O3S2/c1-5-15-7-6-8-16(11-15)23-21(25)20(13(2)3)24-29(26,27)17-9-10-18-19(12-17)28-14(4)22-18/h6-13,20,24H,5H2,1-4H3,(H,23,25). The number of amides is 1. The molecule has 0 fully saturated rings. The van der Waals surface area contributed by atoms with Crippen LogP contribution in [-0.4, -0.2) is 25.4 Å². The van der Waals surface area contributed by atoms with Crippen molar-refractivity contribution in [2.75, 3.05) is 5.32 Å². The lowest BCUT2D eigenvalue weighted by atomic mass is 10.0. The summed E-state index contributed by atoms with van der Waals surface area (Å²) in [7, 11) is -3.87. The first kappa shape index (κ1) is 21.4. The first-order chi connectivity index (χ1) is 13.7. The number of sulfonamides is 1. The average Bonchev–Trinajstić information content (AvgIpc) is 3.05. The number of thiazole rings is 1. The molecule has 0 aliphatic rings. The minimum absolute atomic E-state index is 0.125. The molecule has 1 atom stereocenters. The highest BCUT2D eigenvalue weighted by molar-refractivity contribution is 7.89. The molecule has 29 heavy (non-hydrogen) atoms. The summed E-state index contributed by atoms with van der Waals surface area (Å²) in [6.07, 6.45) is 0.851. The Morgan fingerprint density at radius 1 is 1.17 bits per heavy atom. The highest BCUT2D eigenvalue weighted by atomic mass is 32.2. The largest absolute Gasteiger partial charge is 0.325 e. The number of anilines is 1. The molecule has 0 aliphatic carbocycles. The van der Waals surface area contributed by atoms with E-state index in [0.29, 0.717) is 5.69 Å². The number of aromatic nitrogens is 1. The molecule has 2 aromatic carbocycles. The number of nitrogens with zero attached hydrogens (tertiary/aromatic N) is 1. The van der Waals surface area contributed by atoms with Gasteiger partial charge in [0.2, 0.25) is 15.9 Å². The van der Waals surface area contributed by atoms with E-state index in [1.54, 1.807) is 18.2 Å². The second kappa shape index (κ2) is 8.61. The number of benzene rings is 2. The SMILES string of the molecule is CCc1cccc(NC(=O)C(NS(=O)(=O)c2ccc3nc(C)sc3c2)C(C)C)c1. The van der Waals surface area contributed by atoms with Gasteiger partial charge in [-0.2, -0.15) is 4.72 Å². The van der Waals surface area contributed by atoms with Crippen molar-refractivity contribution >= 4 is 43.2 Å². The van der Waals surface area contributed by atoms with Gasteiger partial charge in [-0.1, -0.05) is 32.9 Å². The number of hydrogen-bond acceptors (Lipinski definition) is 5. The van der Waals surface area contributed by atoms with Crippen molar-refractivity contribution in [2.45, 2.75) is 45.1 Å². The van der Waals surface area contributed by atoms with E-state index in [0.717, 1.165) is 27.2 Å². The van der Waals surface area contributed by atoms with Crippen LogP contribution in [0.5, 0.6) is 0 Å². The van der Waals surface area contributed by atoms with Crippen LogP contribution in [0, 0.1) is 12.8 Å². The smallest absolute Gasteiger partial charge is 0.242 e. The molecule has 0 saturated carbocycles. The van der Waals surface area contributed by atoms with E-state index in [4.69, 9.17) is 0 Å². The Kier molecular flexibility index (Phi) is 6.36. The lowest BCUT2D eigenvalue weighted by Gasteiger charge is -2.22. The Hall–Kier alpha value is -2.29. The first-order valence-corrected chi connectivity index (χ1v) is 11.8. The molecule has 2 N–H and O–H groups in total.